The second-order valence-electron chi connectivity index (χ2n) is 8.94. The number of carbonyl (C=O) groups is 1. The summed E-state index contributed by atoms with van der Waals surface area (Å²) in [7, 11) is 1.56. The number of benzene rings is 2. The van der Waals surface area contributed by atoms with Crippen molar-refractivity contribution in [1.82, 2.24) is 19.9 Å². The molecule has 0 aliphatic carbocycles. The summed E-state index contributed by atoms with van der Waals surface area (Å²) < 4.78 is 18.4. The zero-order valence-corrected chi connectivity index (χ0v) is 21.9. The molecule has 0 fully saturated rings. The third kappa shape index (κ3) is 4.57. The number of nitrogens with zero attached hydrogens (tertiary/aromatic N) is 5. The van der Waals surface area contributed by atoms with Crippen molar-refractivity contribution in [2.45, 2.75) is 13.0 Å². The first-order valence-electron chi connectivity index (χ1n) is 12.1. The number of carboxylic acid groups (broad SMARTS) is 1. The number of ether oxygens (including phenoxy) is 3. The molecule has 2 aromatic carbocycles. The lowest BCUT2D eigenvalue weighted by atomic mass is 10.1. The maximum Gasteiger partial charge on any atom is 0.411 e. The minimum atomic E-state index is -1.11. The minimum absolute atomic E-state index is 0.0767. The number of fused-ring (bicyclic) bond motifs is 4. The predicted molar refractivity (Wildman–Crippen MR) is 149 cm³/mol. The van der Waals surface area contributed by atoms with Gasteiger partial charge in [0.1, 0.15) is 16.3 Å². The maximum absolute atomic E-state index is 12.0. The van der Waals surface area contributed by atoms with Crippen LogP contribution in [0.2, 0.25) is 0 Å². The highest BCUT2D eigenvalue weighted by molar-refractivity contribution is 7.22. The molecule has 0 unspecified atom stereocenters. The Morgan fingerprint density at radius 3 is 2.82 bits per heavy atom. The van der Waals surface area contributed by atoms with Crippen molar-refractivity contribution in [3.8, 4) is 28.0 Å². The van der Waals surface area contributed by atoms with Gasteiger partial charge < -0.3 is 19.3 Å². The van der Waals surface area contributed by atoms with E-state index in [1.807, 2.05) is 25.1 Å². The van der Waals surface area contributed by atoms with Crippen LogP contribution in [0.3, 0.4) is 0 Å². The molecule has 1 aliphatic rings. The van der Waals surface area contributed by atoms with Crippen molar-refractivity contribution in [2.24, 2.45) is 0 Å². The van der Waals surface area contributed by atoms with Gasteiger partial charge >= 0.3 is 6.09 Å². The lowest BCUT2D eigenvalue weighted by molar-refractivity contribution is 0.0962. The summed E-state index contributed by atoms with van der Waals surface area (Å²) in [5.41, 5.74) is 5.23. The van der Waals surface area contributed by atoms with Crippen LogP contribution in [0.25, 0.3) is 37.9 Å². The average molecular weight is 542 g/mol. The second kappa shape index (κ2) is 9.84. The first-order chi connectivity index (χ1) is 18.9. The van der Waals surface area contributed by atoms with E-state index in [4.69, 9.17) is 19.2 Å². The highest BCUT2D eigenvalue weighted by atomic mass is 32.1. The number of amides is 1. The second-order valence-corrected chi connectivity index (χ2v) is 9.94. The van der Waals surface area contributed by atoms with Crippen molar-refractivity contribution >= 4 is 50.4 Å². The van der Waals surface area contributed by atoms with Crippen molar-refractivity contribution in [2.75, 3.05) is 25.2 Å². The minimum Gasteiger partial charge on any atom is -0.484 e. The van der Waals surface area contributed by atoms with Gasteiger partial charge in [-0.2, -0.15) is 0 Å². The molecule has 0 radical (unpaired) electrons. The summed E-state index contributed by atoms with van der Waals surface area (Å²) in [6, 6.07) is 11.1. The summed E-state index contributed by atoms with van der Waals surface area (Å²) in [6.45, 7) is 5.93. The molecule has 196 valence electrons. The molecule has 1 N–H and O–H groups in total. The Morgan fingerprint density at radius 1 is 1.21 bits per heavy atom. The van der Waals surface area contributed by atoms with E-state index >= 15 is 0 Å². The first-order valence-corrected chi connectivity index (χ1v) is 12.9. The van der Waals surface area contributed by atoms with Crippen molar-refractivity contribution in [3.05, 3.63) is 66.6 Å². The van der Waals surface area contributed by atoms with Gasteiger partial charge in [-0.15, -0.1) is 11.3 Å². The predicted octanol–water partition coefficient (Wildman–Crippen LogP) is 5.59. The van der Waals surface area contributed by atoms with E-state index < -0.39 is 12.2 Å². The molecule has 0 saturated heterocycles. The molecular weight excluding hydrogens is 518 g/mol. The summed E-state index contributed by atoms with van der Waals surface area (Å²) >= 11 is 1.48. The lowest BCUT2D eigenvalue weighted by Crippen LogP contribution is -2.43. The number of anilines is 1. The van der Waals surface area contributed by atoms with E-state index in [0.29, 0.717) is 28.8 Å². The lowest BCUT2D eigenvalue weighted by Gasteiger charge is -2.30. The molecule has 11 heteroatoms. The fraction of sp³-hybridized carbons (Fsp3) is 0.179. The molecule has 0 bridgehead atoms. The van der Waals surface area contributed by atoms with Crippen LogP contribution in [-0.4, -0.2) is 57.5 Å². The van der Waals surface area contributed by atoms with Crippen LogP contribution in [0.4, 0.5) is 10.5 Å². The van der Waals surface area contributed by atoms with Crippen LogP contribution in [0.1, 0.15) is 11.3 Å². The molecule has 0 spiro atoms. The highest BCUT2D eigenvalue weighted by Crippen LogP contribution is 2.44. The molecule has 6 rings (SSSR count). The maximum atomic E-state index is 12.0. The van der Waals surface area contributed by atoms with Crippen LogP contribution in [0.5, 0.6) is 17.4 Å². The molecule has 1 amide bonds. The van der Waals surface area contributed by atoms with E-state index in [0.717, 1.165) is 37.4 Å². The van der Waals surface area contributed by atoms with Gasteiger partial charge in [0.25, 0.3) is 0 Å². The number of methoxy groups -OCH3 is 1. The zero-order valence-electron chi connectivity index (χ0n) is 21.1. The fourth-order valence-corrected chi connectivity index (χ4v) is 5.53. The largest absolute Gasteiger partial charge is 0.484 e. The molecule has 5 aromatic rings. The van der Waals surface area contributed by atoms with E-state index in [1.165, 1.54) is 22.4 Å². The van der Waals surface area contributed by atoms with E-state index in [9.17, 15) is 9.90 Å². The third-order valence-electron chi connectivity index (χ3n) is 6.30. The van der Waals surface area contributed by atoms with Gasteiger partial charge in [0.15, 0.2) is 17.6 Å². The van der Waals surface area contributed by atoms with E-state index in [-0.39, 0.29) is 13.2 Å². The summed E-state index contributed by atoms with van der Waals surface area (Å²) in [6.07, 6.45) is 3.08. The SMILES string of the molecule is C=Cc1ccc(N(C[C@@H]2COc3c(ccc4nc(-c5cc(C)cc6nc(OC)cnc56)sc34)O2)C(=O)O)cn1. The zero-order chi connectivity index (χ0) is 27.1. The van der Waals surface area contributed by atoms with Crippen LogP contribution >= 0.6 is 11.3 Å². The fourth-order valence-electron chi connectivity index (χ4n) is 4.46. The van der Waals surface area contributed by atoms with Crippen LogP contribution in [0, 0.1) is 6.92 Å². The number of hydrogen-bond donors (Lipinski definition) is 1. The average Bonchev–Trinajstić information content (AvgIpc) is 3.39. The van der Waals surface area contributed by atoms with Crippen molar-refractivity contribution in [3.63, 3.8) is 0 Å². The number of aromatic nitrogens is 4. The van der Waals surface area contributed by atoms with Gasteiger partial charge in [-0.1, -0.05) is 6.58 Å². The quantitative estimate of drug-likeness (QED) is 0.293. The standard InChI is InChI=1S/C28H23N5O5S/c1-4-16-5-6-17(11-29-16)33(28(34)35)13-18-14-37-25-22(38-18)8-7-20-26(25)39-27(32-20)19-9-15(2)10-21-24(19)30-12-23(31-21)36-3/h4-12,18H,1,13-14H2,2-3H3,(H,34,35)/t18-/m1/s1. The van der Waals surface area contributed by atoms with E-state index in [2.05, 4.69) is 21.5 Å². The Kier molecular flexibility index (Phi) is 6.20. The molecule has 39 heavy (non-hydrogen) atoms. The van der Waals surface area contributed by atoms with Crippen molar-refractivity contribution in [1.29, 1.82) is 0 Å². The molecular formula is C28H23N5O5S. The van der Waals surface area contributed by atoms with Gasteiger partial charge in [-0.05, 0) is 55.0 Å². The first kappa shape index (κ1) is 24.6. The van der Waals surface area contributed by atoms with Crippen LogP contribution < -0.4 is 19.1 Å². The van der Waals surface area contributed by atoms with Gasteiger partial charge in [0.05, 0.1) is 54.0 Å². The molecule has 4 heterocycles. The molecule has 10 nitrogen and oxygen atoms in total. The summed E-state index contributed by atoms with van der Waals surface area (Å²) in [4.78, 5) is 31.4. The number of rotatable bonds is 6. The molecule has 0 saturated carbocycles. The highest BCUT2D eigenvalue weighted by Gasteiger charge is 2.29. The Hall–Kier alpha value is -4.77. The third-order valence-corrected chi connectivity index (χ3v) is 7.40. The van der Waals surface area contributed by atoms with Gasteiger partial charge in [0, 0.05) is 5.56 Å². The number of pyridine rings is 1. The van der Waals surface area contributed by atoms with E-state index in [1.54, 1.807) is 37.6 Å². The Labute approximate surface area is 227 Å². The number of thiazole rings is 1. The summed E-state index contributed by atoms with van der Waals surface area (Å²) in [5, 5.41) is 10.6. The van der Waals surface area contributed by atoms with Crippen molar-refractivity contribution < 1.29 is 24.1 Å². The Balaban J connectivity index is 1.30. The Bertz CT molecular complexity index is 1740. The number of aryl methyl sites for hydroxylation is 1. The smallest absolute Gasteiger partial charge is 0.411 e. The monoisotopic (exact) mass is 541 g/mol. The molecule has 1 atom stereocenters. The normalized spacial score (nSPS) is 14.4. The van der Waals surface area contributed by atoms with Crippen LogP contribution in [-0.2, 0) is 0 Å². The molecule has 3 aromatic heterocycles. The Morgan fingerprint density at radius 2 is 2.08 bits per heavy atom. The van der Waals surface area contributed by atoms with Crippen LogP contribution in [0.15, 0.2) is 55.4 Å². The topological polar surface area (TPSA) is 120 Å². The van der Waals surface area contributed by atoms with Gasteiger partial charge in [-0.3, -0.25) is 9.88 Å². The number of hydrogen-bond acceptors (Lipinski definition) is 9. The summed E-state index contributed by atoms with van der Waals surface area (Å²) in [5.74, 6) is 1.58. The molecule has 1 aliphatic heterocycles. The van der Waals surface area contributed by atoms with Gasteiger partial charge in [0.2, 0.25) is 5.88 Å². The van der Waals surface area contributed by atoms with Gasteiger partial charge in [-0.25, -0.2) is 19.7 Å².